The fourth-order valence-corrected chi connectivity index (χ4v) is 3.94. The lowest BCUT2D eigenvalue weighted by atomic mass is 9.81. The van der Waals surface area contributed by atoms with Crippen LogP contribution in [0.2, 0.25) is 0 Å². The second kappa shape index (κ2) is 5.91. The minimum absolute atomic E-state index is 0.0209. The van der Waals surface area contributed by atoms with Crippen LogP contribution in [0.25, 0.3) is 11.1 Å². The molecule has 0 unspecified atom stereocenters. The van der Waals surface area contributed by atoms with Gasteiger partial charge in [0.15, 0.2) is 0 Å². The first-order chi connectivity index (χ1) is 11.9. The smallest absolute Gasteiger partial charge is 0.406 e. The molecule has 0 radical (unpaired) electrons. The molecular weight excluding hydrogens is 333 g/mol. The summed E-state index contributed by atoms with van der Waals surface area (Å²) in [5.74, 6) is 0.432. The standard InChI is InChI=1S/C18H17F3N2O2/c19-18(20,21)25-14-3-1-12(2-4-14)15-5-6-16(24)23-10-11-7-13(17(15)23)9-22-8-11/h1-6,11,13,22H,7-10H2/t11-,13+/m0/s1. The summed E-state index contributed by atoms with van der Waals surface area (Å²) in [6, 6.07) is 9.11. The van der Waals surface area contributed by atoms with Crippen LogP contribution < -0.4 is 15.6 Å². The highest BCUT2D eigenvalue weighted by Crippen LogP contribution is 2.38. The third kappa shape index (κ3) is 3.16. The average Bonchev–Trinajstić information content (AvgIpc) is 2.56. The van der Waals surface area contributed by atoms with Crippen molar-refractivity contribution in [1.82, 2.24) is 9.88 Å². The van der Waals surface area contributed by atoms with E-state index < -0.39 is 6.36 Å². The fraction of sp³-hybridized carbons (Fsp3) is 0.389. The molecule has 0 saturated carbocycles. The summed E-state index contributed by atoms with van der Waals surface area (Å²) in [7, 11) is 0. The van der Waals surface area contributed by atoms with Crippen molar-refractivity contribution >= 4 is 0 Å². The molecule has 2 aliphatic rings. The summed E-state index contributed by atoms with van der Waals surface area (Å²) in [4.78, 5) is 12.3. The second-order valence-corrected chi connectivity index (χ2v) is 6.61. The Morgan fingerprint density at radius 2 is 1.84 bits per heavy atom. The summed E-state index contributed by atoms with van der Waals surface area (Å²) in [5, 5.41) is 3.40. The maximum Gasteiger partial charge on any atom is 0.573 e. The van der Waals surface area contributed by atoms with Crippen LogP contribution in [0.15, 0.2) is 41.2 Å². The van der Waals surface area contributed by atoms with Crippen molar-refractivity contribution in [3.63, 3.8) is 0 Å². The lowest BCUT2D eigenvalue weighted by Gasteiger charge is -2.38. The van der Waals surface area contributed by atoms with Gasteiger partial charge in [0.2, 0.25) is 0 Å². The van der Waals surface area contributed by atoms with Crippen LogP contribution in [-0.4, -0.2) is 24.0 Å². The first kappa shape index (κ1) is 16.2. The zero-order valence-corrected chi connectivity index (χ0v) is 13.3. The summed E-state index contributed by atoms with van der Waals surface area (Å²) in [6.07, 6.45) is -3.68. The van der Waals surface area contributed by atoms with E-state index >= 15 is 0 Å². The Hall–Kier alpha value is -2.28. The molecule has 0 aliphatic carbocycles. The van der Waals surface area contributed by atoms with Gasteiger partial charge in [0, 0.05) is 36.3 Å². The molecular formula is C18H17F3N2O2. The van der Waals surface area contributed by atoms with Crippen LogP contribution in [0.4, 0.5) is 13.2 Å². The van der Waals surface area contributed by atoms with Crippen LogP contribution in [0.5, 0.6) is 5.75 Å². The molecule has 2 bridgehead atoms. The van der Waals surface area contributed by atoms with Gasteiger partial charge in [-0.15, -0.1) is 13.2 Å². The normalized spacial score (nSPS) is 22.4. The third-order valence-electron chi connectivity index (χ3n) is 4.89. The van der Waals surface area contributed by atoms with Gasteiger partial charge in [-0.3, -0.25) is 4.79 Å². The summed E-state index contributed by atoms with van der Waals surface area (Å²) in [6.45, 7) is 2.40. The first-order valence-electron chi connectivity index (χ1n) is 8.21. The van der Waals surface area contributed by atoms with Gasteiger partial charge in [-0.25, -0.2) is 0 Å². The molecule has 132 valence electrons. The molecule has 0 spiro atoms. The highest BCUT2D eigenvalue weighted by Gasteiger charge is 2.33. The van der Waals surface area contributed by atoms with Crippen molar-refractivity contribution in [2.24, 2.45) is 5.92 Å². The SMILES string of the molecule is O=c1ccc(-c2ccc(OC(F)(F)F)cc2)c2n1C[C@@H]1CNC[C@H]2C1. The molecule has 3 heterocycles. The number of rotatable bonds is 2. The van der Waals surface area contributed by atoms with Crippen molar-refractivity contribution in [3.8, 4) is 16.9 Å². The molecule has 0 amide bonds. The molecule has 7 heteroatoms. The minimum Gasteiger partial charge on any atom is -0.406 e. The molecule has 2 atom stereocenters. The van der Waals surface area contributed by atoms with E-state index in [2.05, 4.69) is 10.1 Å². The van der Waals surface area contributed by atoms with E-state index in [1.165, 1.54) is 18.2 Å². The predicted molar refractivity (Wildman–Crippen MR) is 86.5 cm³/mol. The number of pyridine rings is 1. The number of aromatic nitrogens is 1. The molecule has 1 N–H and O–H groups in total. The van der Waals surface area contributed by atoms with E-state index in [4.69, 9.17) is 0 Å². The van der Waals surface area contributed by atoms with Gasteiger partial charge in [0.05, 0.1) is 0 Å². The van der Waals surface area contributed by atoms with Crippen molar-refractivity contribution in [2.75, 3.05) is 13.1 Å². The number of benzene rings is 1. The van der Waals surface area contributed by atoms with E-state index in [1.54, 1.807) is 18.2 Å². The molecule has 25 heavy (non-hydrogen) atoms. The number of nitrogens with one attached hydrogen (secondary N) is 1. The van der Waals surface area contributed by atoms with Gasteiger partial charge < -0.3 is 14.6 Å². The Kier molecular flexibility index (Phi) is 3.83. The highest BCUT2D eigenvalue weighted by molar-refractivity contribution is 5.67. The molecule has 1 fully saturated rings. The molecule has 2 aromatic rings. The van der Waals surface area contributed by atoms with E-state index in [-0.39, 0.29) is 17.2 Å². The number of fused-ring (bicyclic) bond motifs is 4. The average molecular weight is 350 g/mol. The molecule has 1 aromatic carbocycles. The number of hydrogen-bond acceptors (Lipinski definition) is 3. The van der Waals surface area contributed by atoms with Crippen molar-refractivity contribution in [1.29, 1.82) is 0 Å². The molecule has 2 aliphatic heterocycles. The summed E-state index contributed by atoms with van der Waals surface area (Å²) in [5.41, 5.74) is 2.63. The number of piperidine rings is 1. The number of ether oxygens (including phenoxy) is 1. The molecule has 4 nitrogen and oxygen atoms in total. The van der Waals surface area contributed by atoms with Crippen molar-refractivity contribution in [2.45, 2.75) is 25.2 Å². The van der Waals surface area contributed by atoms with Gasteiger partial charge in [-0.2, -0.15) is 0 Å². The Bertz CT molecular complexity index is 843. The quantitative estimate of drug-likeness (QED) is 0.905. The van der Waals surface area contributed by atoms with Crippen LogP contribution in [-0.2, 0) is 6.54 Å². The summed E-state index contributed by atoms with van der Waals surface area (Å²) < 4.78 is 42.7. The minimum atomic E-state index is -4.70. The van der Waals surface area contributed by atoms with Crippen LogP contribution >= 0.6 is 0 Å². The molecule has 1 saturated heterocycles. The predicted octanol–water partition coefficient (Wildman–Crippen LogP) is 3.12. The first-order valence-corrected chi connectivity index (χ1v) is 8.21. The Morgan fingerprint density at radius 3 is 2.56 bits per heavy atom. The van der Waals surface area contributed by atoms with E-state index in [0.29, 0.717) is 12.5 Å². The Morgan fingerprint density at radius 1 is 1.08 bits per heavy atom. The monoisotopic (exact) mass is 350 g/mol. The fourth-order valence-electron chi connectivity index (χ4n) is 3.94. The van der Waals surface area contributed by atoms with Gasteiger partial charge in [-0.1, -0.05) is 12.1 Å². The maximum atomic E-state index is 12.3. The van der Waals surface area contributed by atoms with E-state index in [1.807, 2.05) is 4.57 Å². The Balaban J connectivity index is 1.74. The molecule has 4 rings (SSSR count). The molecule has 1 aromatic heterocycles. The van der Waals surface area contributed by atoms with Gasteiger partial charge >= 0.3 is 6.36 Å². The second-order valence-electron chi connectivity index (χ2n) is 6.61. The van der Waals surface area contributed by atoms with Crippen LogP contribution in [0, 0.1) is 5.92 Å². The highest BCUT2D eigenvalue weighted by atomic mass is 19.4. The lowest BCUT2D eigenvalue weighted by molar-refractivity contribution is -0.274. The zero-order chi connectivity index (χ0) is 17.6. The number of nitrogens with zero attached hydrogens (tertiary/aromatic N) is 1. The van der Waals surface area contributed by atoms with E-state index in [9.17, 15) is 18.0 Å². The maximum absolute atomic E-state index is 12.3. The lowest BCUT2D eigenvalue weighted by Crippen LogP contribution is -2.45. The number of alkyl halides is 3. The third-order valence-corrected chi connectivity index (χ3v) is 4.89. The Labute approximate surface area is 142 Å². The van der Waals surface area contributed by atoms with Crippen molar-refractivity contribution in [3.05, 3.63) is 52.4 Å². The number of halogens is 3. The topological polar surface area (TPSA) is 43.3 Å². The zero-order valence-electron chi connectivity index (χ0n) is 13.3. The van der Waals surface area contributed by atoms with Crippen molar-refractivity contribution < 1.29 is 17.9 Å². The van der Waals surface area contributed by atoms with E-state index in [0.717, 1.165) is 36.3 Å². The van der Waals surface area contributed by atoms with Crippen LogP contribution in [0.3, 0.4) is 0 Å². The van der Waals surface area contributed by atoms with Gasteiger partial charge in [-0.05, 0) is 42.6 Å². The van der Waals surface area contributed by atoms with Gasteiger partial charge in [0.25, 0.3) is 5.56 Å². The largest absolute Gasteiger partial charge is 0.573 e. The summed E-state index contributed by atoms with van der Waals surface area (Å²) >= 11 is 0. The van der Waals surface area contributed by atoms with Gasteiger partial charge in [0.1, 0.15) is 5.75 Å². The van der Waals surface area contributed by atoms with Crippen LogP contribution in [0.1, 0.15) is 18.0 Å². The number of hydrogen-bond donors (Lipinski definition) is 1.